The highest BCUT2D eigenvalue weighted by molar-refractivity contribution is 7.47. The molecule has 0 aromatic carbocycles. The van der Waals surface area contributed by atoms with Gasteiger partial charge in [-0.3, -0.25) is 37.0 Å². The number of rotatable bonds is 10. The molecule has 7 heterocycles. The number of phosphoric ester groups is 2. The zero-order valence-corrected chi connectivity index (χ0v) is 26.7. The number of aliphatic hydroxyl groups is 1. The van der Waals surface area contributed by atoms with Crippen molar-refractivity contribution in [2.45, 2.75) is 69.0 Å². The normalized spacial score (nSPS) is 33.2. The van der Waals surface area contributed by atoms with Crippen molar-refractivity contribution in [3.8, 4) is 0 Å². The van der Waals surface area contributed by atoms with Gasteiger partial charge in [0, 0.05) is 0 Å². The Morgan fingerprint density at radius 3 is 2.46 bits per heavy atom. The van der Waals surface area contributed by atoms with Crippen molar-refractivity contribution < 1.29 is 56.3 Å². The summed E-state index contributed by atoms with van der Waals surface area (Å²) >= 11 is 0. The molecule has 25 heteroatoms. The summed E-state index contributed by atoms with van der Waals surface area (Å²) in [7, 11) is -9.63. The number of imidazole rings is 2. The first-order valence-electron chi connectivity index (χ1n) is 14.3. The fourth-order valence-electron chi connectivity index (χ4n) is 5.68. The molecule has 3 fully saturated rings. The second-order valence-corrected chi connectivity index (χ2v) is 14.1. The maximum Gasteiger partial charge on any atom is 0.473 e. The number of H-pyrrole nitrogens is 1. The number of aromatic nitrogens is 8. The lowest BCUT2D eigenvalue weighted by atomic mass is 10.1. The van der Waals surface area contributed by atoms with Gasteiger partial charge < -0.3 is 40.6 Å². The molecule has 0 radical (unpaired) electrons. The van der Waals surface area contributed by atoms with E-state index in [-0.39, 0.29) is 46.8 Å². The van der Waals surface area contributed by atoms with E-state index in [0.29, 0.717) is 0 Å². The highest BCUT2D eigenvalue weighted by Gasteiger charge is 2.59. The van der Waals surface area contributed by atoms with E-state index in [0.717, 1.165) is 0 Å². The van der Waals surface area contributed by atoms with Gasteiger partial charge in [-0.05, 0) is 13.8 Å². The van der Waals surface area contributed by atoms with Crippen molar-refractivity contribution in [3.63, 3.8) is 0 Å². The average molecular weight is 716 g/mol. The van der Waals surface area contributed by atoms with Gasteiger partial charge in [0.1, 0.15) is 48.5 Å². The first-order chi connectivity index (χ1) is 22.7. The number of nitrogens with two attached hydrogens (primary N) is 2. The summed E-state index contributed by atoms with van der Waals surface area (Å²) in [6.45, 7) is 2.66. The molecule has 3 aliphatic rings. The van der Waals surface area contributed by atoms with E-state index < -0.39 is 76.9 Å². The van der Waals surface area contributed by atoms with E-state index in [1.54, 1.807) is 13.8 Å². The van der Waals surface area contributed by atoms with Crippen LogP contribution in [0, 0.1) is 0 Å². The minimum absolute atomic E-state index is 0.0275. The van der Waals surface area contributed by atoms with Gasteiger partial charge >= 0.3 is 15.6 Å². The van der Waals surface area contributed by atoms with Crippen molar-refractivity contribution >= 4 is 49.7 Å². The molecule has 0 amide bonds. The zero-order chi connectivity index (χ0) is 34.1. The molecule has 0 bridgehead atoms. The molecule has 4 unspecified atom stereocenters. The Labute approximate surface area is 268 Å². The highest BCUT2D eigenvalue weighted by Crippen LogP contribution is 2.59. The molecule has 0 aliphatic carbocycles. The lowest BCUT2D eigenvalue weighted by Gasteiger charge is -2.25. The Kier molecular flexibility index (Phi) is 8.38. The van der Waals surface area contributed by atoms with E-state index in [1.165, 1.54) is 28.1 Å². The van der Waals surface area contributed by atoms with Gasteiger partial charge in [0.05, 0.1) is 32.0 Å². The van der Waals surface area contributed by atoms with Crippen LogP contribution in [0.15, 0.2) is 23.8 Å². The topological polar surface area (TPSA) is 319 Å². The van der Waals surface area contributed by atoms with Crippen LogP contribution in [-0.4, -0.2) is 110 Å². The Morgan fingerprint density at radius 2 is 1.71 bits per heavy atom. The molecular formula is C23H30N10O13P2. The third-order valence-electron chi connectivity index (χ3n) is 7.74. The Bertz CT molecular complexity index is 2010. The van der Waals surface area contributed by atoms with Crippen molar-refractivity contribution in [2.75, 3.05) is 24.7 Å². The van der Waals surface area contributed by atoms with Gasteiger partial charge in [-0.25, -0.2) is 29.1 Å². The van der Waals surface area contributed by atoms with Crippen LogP contribution in [0.5, 0.6) is 0 Å². The van der Waals surface area contributed by atoms with Crippen molar-refractivity contribution in [1.82, 2.24) is 39.0 Å². The van der Waals surface area contributed by atoms with Crippen LogP contribution in [0.4, 0.5) is 11.8 Å². The molecule has 23 nitrogen and oxygen atoms in total. The largest absolute Gasteiger partial charge is 0.473 e. The lowest BCUT2D eigenvalue weighted by Crippen LogP contribution is -2.37. The van der Waals surface area contributed by atoms with Gasteiger partial charge in [0.15, 0.2) is 35.1 Å². The fourth-order valence-corrected chi connectivity index (χ4v) is 7.79. The van der Waals surface area contributed by atoms with E-state index in [4.69, 9.17) is 43.8 Å². The van der Waals surface area contributed by atoms with Crippen LogP contribution in [-0.2, 0) is 41.4 Å². The number of anilines is 2. The van der Waals surface area contributed by atoms with E-state index in [1.807, 2.05) is 0 Å². The molecule has 0 saturated carbocycles. The lowest BCUT2D eigenvalue weighted by molar-refractivity contribution is -0.0778. The number of ether oxygens (including phenoxy) is 3. The molecule has 8 N–H and O–H groups in total. The summed E-state index contributed by atoms with van der Waals surface area (Å²) in [5, 5.41) is 11.3. The number of nitrogens with one attached hydrogen (secondary N) is 1. The van der Waals surface area contributed by atoms with Crippen LogP contribution in [0.2, 0.25) is 0 Å². The van der Waals surface area contributed by atoms with E-state index >= 15 is 0 Å². The van der Waals surface area contributed by atoms with Gasteiger partial charge in [0.2, 0.25) is 5.95 Å². The van der Waals surface area contributed by atoms with Crippen molar-refractivity contribution in [3.05, 3.63) is 29.3 Å². The number of fused-ring (bicyclic) bond motifs is 3. The van der Waals surface area contributed by atoms with Gasteiger partial charge in [-0.15, -0.1) is 0 Å². The van der Waals surface area contributed by atoms with Crippen LogP contribution in [0.1, 0.15) is 26.3 Å². The predicted octanol–water partition coefficient (Wildman–Crippen LogP) is -0.909. The number of hydrogen-bond acceptors (Lipinski definition) is 18. The van der Waals surface area contributed by atoms with Gasteiger partial charge in [-0.2, -0.15) is 4.98 Å². The van der Waals surface area contributed by atoms with Crippen molar-refractivity contribution in [2.24, 2.45) is 0 Å². The smallest absolute Gasteiger partial charge is 0.386 e. The molecule has 3 saturated heterocycles. The molecule has 48 heavy (non-hydrogen) atoms. The molecule has 0 spiro atoms. The van der Waals surface area contributed by atoms with Crippen LogP contribution >= 0.6 is 15.6 Å². The summed E-state index contributed by atoms with van der Waals surface area (Å²) < 4.78 is 67.0. The zero-order valence-electron chi connectivity index (χ0n) is 24.9. The maximum atomic E-state index is 13.3. The van der Waals surface area contributed by atoms with Crippen LogP contribution in [0.3, 0.4) is 0 Å². The predicted molar refractivity (Wildman–Crippen MR) is 157 cm³/mol. The molecule has 4 aromatic heterocycles. The minimum atomic E-state index is -5.04. The monoisotopic (exact) mass is 716 g/mol. The Balaban J connectivity index is 1.10. The number of nitrogens with zero attached hydrogens (tertiary/aromatic N) is 7. The average Bonchev–Trinajstić information content (AvgIpc) is 3.81. The second kappa shape index (κ2) is 12.2. The number of phosphoric acid groups is 2. The maximum absolute atomic E-state index is 13.3. The molecule has 260 valence electrons. The first-order valence-corrected chi connectivity index (χ1v) is 17.3. The van der Waals surface area contributed by atoms with Gasteiger partial charge in [-0.1, -0.05) is 0 Å². The minimum Gasteiger partial charge on any atom is -0.386 e. The third-order valence-corrected chi connectivity index (χ3v) is 9.75. The van der Waals surface area contributed by atoms with E-state index in [9.17, 15) is 28.8 Å². The van der Waals surface area contributed by atoms with Crippen molar-refractivity contribution in [1.29, 1.82) is 0 Å². The molecule has 7 rings (SSSR count). The highest BCUT2D eigenvalue weighted by atomic mass is 31.2. The first kappa shape index (κ1) is 33.1. The number of hydrogen-bond donors (Lipinski definition) is 6. The molecule has 10 atom stereocenters. The number of aromatic amines is 1. The number of aliphatic hydroxyl groups excluding tert-OH is 1. The van der Waals surface area contributed by atoms with Crippen LogP contribution in [0.25, 0.3) is 22.3 Å². The summed E-state index contributed by atoms with van der Waals surface area (Å²) in [6, 6.07) is 0. The molecule has 3 aliphatic heterocycles. The SMILES string of the molecule is CC(C)OC[C@H]1O[C@@H](n2cnc3c(N)ncnc32)C(O)[C@H]1OP(=O)(O)OC[C@H]1O[C@@H](n2cnc3c(=O)[nH]c(N)nc32)C2OP(=O)(O)O[C@H]21. The third kappa shape index (κ3) is 6.01. The summed E-state index contributed by atoms with van der Waals surface area (Å²) in [6.07, 6.45) is -6.96. The Hall–Kier alpha value is -3.44. The number of nitrogen functional groups attached to an aromatic ring is 2. The fraction of sp³-hybridized carbons (Fsp3) is 0.565. The molecule has 4 aromatic rings. The standard InChI is InChI=1S/C23H30N10O13P2/c1-8(2)40-3-9-14(13(34)21(42-9)32-6-28-11-17(24)26-5-27-18(11)32)44-47(36,37)41-4-10-15-16(46-48(38,39)45-15)22(43-10)33-7-29-12-19(33)30-23(25)31-20(12)35/h5-10,13-16,21-22,34H,3-4H2,1-2H3,(H,36,37)(H,38,39)(H2,24,26,27)(H3,25,30,31,35)/t9-,10-,13?,14+,15+,16?,21-,22-/m1/s1. The second-order valence-electron chi connectivity index (χ2n) is 11.3. The Morgan fingerprint density at radius 1 is 1.02 bits per heavy atom. The summed E-state index contributed by atoms with van der Waals surface area (Å²) in [5.41, 5.74) is 11.3. The van der Waals surface area contributed by atoms with Crippen LogP contribution < -0.4 is 17.0 Å². The summed E-state index contributed by atoms with van der Waals surface area (Å²) in [5.74, 6) is -0.135. The molecular weight excluding hydrogens is 686 g/mol. The quantitative estimate of drug-likeness (QED) is 0.108. The summed E-state index contributed by atoms with van der Waals surface area (Å²) in [4.78, 5) is 55.7. The van der Waals surface area contributed by atoms with E-state index in [2.05, 4.69) is 29.9 Å². The van der Waals surface area contributed by atoms with Gasteiger partial charge in [0.25, 0.3) is 5.56 Å².